The van der Waals surface area contributed by atoms with Crippen LogP contribution in [0.3, 0.4) is 0 Å². The van der Waals surface area contributed by atoms with Crippen LogP contribution in [0.15, 0.2) is 48.7 Å². The normalized spacial score (nSPS) is 19.6. The molecular weight excluding hydrogens is 356 g/mol. The summed E-state index contributed by atoms with van der Waals surface area (Å²) in [5.41, 5.74) is 2.58. The van der Waals surface area contributed by atoms with Crippen molar-refractivity contribution in [1.82, 2.24) is 30.5 Å². The van der Waals surface area contributed by atoms with Gasteiger partial charge in [0.05, 0.1) is 29.9 Å². The number of hydrogen-bond acceptors (Lipinski definition) is 6. The zero-order valence-corrected chi connectivity index (χ0v) is 15.6. The fraction of sp³-hybridized carbons (Fsp3) is 0.350. The minimum Gasteiger partial charge on any atom is -0.393 e. The Hall–Kier alpha value is -3.13. The van der Waals surface area contributed by atoms with Crippen molar-refractivity contribution in [2.45, 2.75) is 38.3 Å². The number of tetrazole rings is 1. The standard InChI is InChI=1S/C20H22N6O2/c1-13-23-24-25-26(13)16-7-5-14(6-8-16)10-19(28)22-20(15-11-17(27)12-15)18-4-2-3-9-21-18/h2-9,15,17,20,27H,10-12H2,1H3,(H,22,28)/t15?,17?,20-/m1/s1. The number of hydrogen-bond donors (Lipinski definition) is 2. The van der Waals surface area contributed by atoms with Crippen LogP contribution in [-0.4, -0.2) is 42.3 Å². The third kappa shape index (κ3) is 3.91. The van der Waals surface area contributed by atoms with Crippen molar-refractivity contribution in [1.29, 1.82) is 0 Å². The van der Waals surface area contributed by atoms with Crippen LogP contribution in [0.2, 0.25) is 0 Å². The highest BCUT2D eigenvalue weighted by Crippen LogP contribution is 2.37. The molecule has 0 bridgehead atoms. The number of aromatic nitrogens is 5. The Balaban J connectivity index is 1.43. The van der Waals surface area contributed by atoms with E-state index in [1.807, 2.05) is 49.4 Å². The number of benzene rings is 1. The molecule has 0 unspecified atom stereocenters. The van der Waals surface area contributed by atoms with E-state index in [4.69, 9.17) is 0 Å². The first-order valence-electron chi connectivity index (χ1n) is 9.33. The Morgan fingerprint density at radius 1 is 1.25 bits per heavy atom. The first kappa shape index (κ1) is 18.2. The van der Waals surface area contributed by atoms with Gasteiger partial charge in [0.1, 0.15) is 0 Å². The van der Waals surface area contributed by atoms with Crippen LogP contribution >= 0.6 is 0 Å². The summed E-state index contributed by atoms with van der Waals surface area (Å²) >= 11 is 0. The van der Waals surface area contributed by atoms with Crippen molar-refractivity contribution < 1.29 is 9.90 Å². The number of nitrogens with one attached hydrogen (secondary N) is 1. The molecule has 1 aliphatic rings. The number of carbonyl (C=O) groups excluding carboxylic acids is 1. The second-order valence-corrected chi connectivity index (χ2v) is 7.17. The molecule has 1 saturated carbocycles. The Bertz CT molecular complexity index is 935. The van der Waals surface area contributed by atoms with Gasteiger partial charge < -0.3 is 10.4 Å². The molecule has 3 aromatic rings. The topological polar surface area (TPSA) is 106 Å². The van der Waals surface area contributed by atoms with Crippen LogP contribution in [0.1, 0.15) is 36.0 Å². The number of nitrogens with zero attached hydrogens (tertiary/aromatic N) is 5. The van der Waals surface area contributed by atoms with Gasteiger partial charge in [0.25, 0.3) is 0 Å². The van der Waals surface area contributed by atoms with E-state index in [1.54, 1.807) is 10.9 Å². The van der Waals surface area contributed by atoms with E-state index in [0.717, 1.165) is 16.9 Å². The highest BCUT2D eigenvalue weighted by atomic mass is 16.3. The molecule has 144 valence electrons. The number of aliphatic hydroxyl groups excluding tert-OH is 1. The van der Waals surface area contributed by atoms with E-state index in [9.17, 15) is 9.90 Å². The van der Waals surface area contributed by atoms with Crippen molar-refractivity contribution >= 4 is 5.91 Å². The Morgan fingerprint density at radius 2 is 2.04 bits per heavy atom. The van der Waals surface area contributed by atoms with Gasteiger partial charge in [-0.15, -0.1) is 5.10 Å². The number of aryl methyl sites for hydroxylation is 1. The average molecular weight is 378 g/mol. The number of pyridine rings is 1. The largest absolute Gasteiger partial charge is 0.393 e. The van der Waals surface area contributed by atoms with Crippen molar-refractivity contribution in [2.75, 3.05) is 0 Å². The van der Waals surface area contributed by atoms with Gasteiger partial charge >= 0.3 is 0 Å². The molecule has 8 heteroatoms. The molecule has 2 heterocycles. The molecule has 1 amide bonds. The molecule has 0 saturated heterocycles. The Kier molecular flexibility index (Phi) is 5.12. The lowest BCUT2D eigenvalue weighted by Gasteiger charge is -2.37. The second-order valence-electron chi connectivity index (χ2n) is 7.17. The van der Waals surface area contributed by atoms with Gasteiger partial charge in [-0.3, -0.25) is 9.78 Å². The predicted molar refractivity (Wildman–Crippen MR) is 101 cm³/mol. The zero-order chi connectivity index (χ0) is 19.5. The number of aliphatic hydroxyl groups is 1. The van der Waals surface area contributed by atoms with Gasteiger partial charge in [-0.1, -0.05) is 18.2 Å². The molecule has 1 atom stereocenters. The van der Waals surface area contributed by atoms with E-state index in [2.05, 4.69) is 25.8 Å². The summed E-state index contributed by atoms with van der Waals surface area (Å²) in [6.07, 6.45) is 3.08. The second kappa shape index (κ2) is 7.85. The predicted octanol–water partition coefficient (Wildman–Crippen LogP) is 1.54. The summed E-state index contributed by atoms with van der Waals surface area (Å²) in [4.78, 5) is 17.0. The fourth-order valence-corrected chi connectivity index (χ4v) is 3.53. The number of carbonyl (C=O) groups is 1. The monoisotopic (exact) mass is 378 g/mol. The molecule has 28 heavy (non-hydrogen) atoms. The van der Waals surface area contributed by atoms with E-state index < -0.39 is 0 Å². The highest BCUT2D eigenvalue weighted by molar-refractivity contribution is 5.79. The minimum atomic E-state index is -0.282. The van der Waals surface area contributed by atoms with Crippen LogP contribution in [0.5, 0.6) is 0 Å². The van der Waals surface area contributed by atoms with Gasteiger partial charge in [-0.2, -0.15) is 4.68 Å². The van der Waals surface area contributed by atoms with Gasteiger partial charge in [-0.05, 0) is 65.9 Å². The van der Waals surface area contributed by atoms with Gasteiger partial charge in [0.2, 0.25) is 5.91 Å². The van der Waals surface area contributed by atoms with E-state index in [1.165, 1.54) is 0 Å². The quantitative estimate of drug-likeness (QED) is 0.674. The first-order chi connectivity index (χ1) is 13.6. The summed E-state index contributed by atoms with van der Waals surface area (Å²) in [6.45, 7) is 1.83. The SMILES string of the molecule is Cc1nnnn1-c1ccc(CC(=O)N[C@@H](c2ccccn2)C2CC(O)C2)cc1. The minimum absolute atomic E-state index is 0.0663. The van der Waals surface area contributed by atoms with E-state index >= 15 is 0 Å². The molecule has 1 aliphatic carbocycles. The number of rotatable bonds is 6. The Morgan fingerprint density at radius 3 is 2.64 bits per heavy atom. The molecule has 1 fully saturated rings. The molecular formula is C20H22N6O2. The molecule has 8 nitrogen and oxygen atoms in total. The molecule has 0 aliphatic heterocycles. The van der Waals surface area contributed by atoms with E-state index in [-0.39, 0.29) is 30.4 Å². The third-order valence-corrected chi connectivity index (χ3v) is 5.11. The summed E-state index contributed by atoms with van der Waals surface area (Å²) in [6, 6.07) is 13.1. The molecule has 2 aromatic heterocycles. The molecule has 0 spiro atoms. The van der Waals surface area contributed by atoms with Crippen molar-refractivity contribution in [2.24, 2.45) is 5.92 Å². The highest BCUT2D eigenvalue weighted by Gasteiger charge is 2.36. The van der Waals surface area contributed by atoms with Gasteiger partial charge in [0, 0.05) is 6.20 Å². The van der Waals surface area contributed by atoms with Crippen LogP contribution in [0.25, 0.3) is 5.69 Å². The summed E-state index contributed by atoms with van der Waals surface area (Å²) in [7, 11) is 0. The van der Waals surface area contributed by atoms with Crippen molar-refractivity contribution in [3.8, 4) is 5.69 Å². The third-order valence-electron chi connectivity index (χ3n) is 5.11. The summed E-state index contributed by atoms with van der Waals surface area (Å²) in [5.74, 6) is 0.841. The van der Waals surface area contributed by atoms with Gasteiger partial charge in [-0.25, -0.2) is 0 Å². The van der Waals surface area contributed by atoms with Crippen LogP contribution in [0, 0.1) is 12.8 Å². The zero-order valence-electron chi connectivity index (χ0n) is 15.6. The fourth-order valence-electron chi connectivity index (χ4n) is 3.53. The van der Waals surface area contributed by atoms with Crippen LogP contribution in [0.4, 0.5) is 0 Å². The lowest BCUT2D eigenvalue weighted by atomic mass is 9.76. The lowest BCUT2D eigenvalue weighted by molar-refractivity contribution is -0.122. The molecule has 1 aromatic carbocycles. The maximum atomic E-state index is 12.7. The van der Waals surface area contributed by atoms with Crippen molar-refractivity contribution in [3.63, 3.8) is 0 Å². The first-order valence-corrected chi connectivity index (χ1v) is 9.33. The Labute approximate surface area is 162 Å². The molecule has 0 radical (unpaired) electrons. The van der Waals surface area contributed by atoms with E-state index in [0.29, 0.717) is 18.7 Å². The lowest BCUT2D eigenvalue weighted by Crippen LogP contribution is -2.42. The van der Waals surface area contributed by atoms with Crippen LogP contribution in [-0.2, 0) is 11.2 Å². The summed E-state index contributed by atoms with van der Waals surface area (Å²) in [5, 5.41) is 24.2. The average Bonchev–Trinajstić information content (AvgIpc) is 3.11. The number of amides is 1. The smallest absolute Gasteiger partial charge is 0.224 e. The maximum Gasteiger partial charge on any atom is 0.224 e. The molecule has 2 N–H and O–H groups in total. The summed E-state index contributed by atoms with van der Waals surface area (Å²) < 4.78 is 1.64. The molecule has 4 rings (SSSR count). The van der Waals surface area contributed by atoms with Crippen molar-refractivity contribution in [3.05, 3.63) is 65.7 Å². The maximum absolute atomic E-state index is 12.7. The van der Waals surface area contributed by atoms with Gasteiger partial charge in [0.15, 0.2) is 5.82 Å². The van der Waals surface area contributed by atoms with Crippen LogP contribution < -0.4 is 5.32 Å².